The predicted octanol–water partition coefficient (Wildman–Crippen LogP) is 0.794. The number of nitrogens with zero attached hydrogens (tertiary/aromatic N) is 4. The highest BCUT2D eigenvalue weighted by Crippen LogP contribution is 2.01. The molecule has 2 aromatic heterocycles. The Balaban J connectivity index is 1.83. The highest BCUT2D eigenvalue weighted by molar-refractivity contribution is 6.29. The number of nitrogens with one attached hydrogen (secondary N) is 1. The van der Waals surface area contributed by atoms with Crippen LogP contribution in [-0.2, 0) is 6.42 Å². The maximum Gasteiger partial charge on any atom is 0.271 e. The molecule has 94 valence electrons. The quantitative estimate of drug-likeness (QED) is 0.880. The molecule has 1 N–H and O–H groups in total. The number of rotatable bonds is 4. The zero-order valence-electron chi connectivity index (χ0n) is 9.55. The molecule has 1 amide bonds. The van der Waals surface area contributed by atoms with Crippen LogP contribution in [0.25, 0.3) is 0 Å². The first-order valence-electron chi connectivity index (χ1n) is 5.20. The first kappa shape index (κ1) is 12.4. The Bertz CT molecular complexity index is 539. The molecular weight excluding hydrogens is 258 g/mol. The normalized spacial score (nSPS) is 10.3. The number of hydrogen-bond donors (Lipinski definition) is 1. The van der Waals surface area contributed by atoms with E-state index in [2.05, 4.69) is 25.4 Å². The fourth-order valence-corrected chi connectivity index (χ4v) is 1.35. The fraction of sp³-hybridized carbons (Fsp3) is 0.300. The van der Waals surface area contributed by atoms with E-state index >= 15 is 0 Å². The van der Waals surface area contributed by atoms with Crippen LogP contribution in [0.4, 0.5) is 0 Å². The lowest BCUT2D eigenvalue weighted by atomic mass is 10.3. The molecule has 0 aliphatic heterocycles. The molecule has 0 atom stereocenters. The fourth-order valence-electron chi connectivity index (χ4n) is 1.25. The Hall–Kier alpha value is -2.02. The van der Waals surface area contributed by atoms with Crippen molar-refractivity contribution in [2.45, 2.75) is 13.3 Å². The molecule has 0 aromatic carbocycles. The van der Waals surface area contributed by atoms with Crippen LogP contribution >= 0.6 is 11.6 Å². The number of carbonyl (C=O) groups excluding carboxylic acids is 1. The van der Waals surface area contributed by atoms with Crippen molar-refractivity contribution in [3.05, 3.63) is 35.0 Å². The van der Waals surface area contributed by atoms with Gasteiger partial charge in [0.2, 0.25) is 5.89 Å². The molecule has 0 aliphatic rings. The summed E-state index contributed by atoms with van der Waals surface area (Å²) < 4.78 is 4.81. The van der Waals surface area contributed by atoms with Crippen LogP contribution < -0.4 is 5.32 Å². The molecule has 0 fully saturated rings. The van der Waals surface area contributed by atoms with Gasteiger partial charge in [-0.1, -0.05) is 16.8 Å². The van der Waals surface area contributed by atoms with Crippen LogP contribution in [0, 0.1) is 6.92 Å². The molecule has 0 radical (unpaired) electrons. The molecule has 0 saturated heterocycles. The summed E-state index contributed by atoms with van der Waals surface area (Å²) in [5.74, 6) is 0.731. The lowest BCUT2D eigenvalue weighted by Gasteiger charge is -2.02. The van der Waals surface area contributed by atoms with Gasteiger partial charge in [0.25, 0.3) is 5.91 Å². The number of hydrogen-bond acceptors (Lipinski definition) is 6. The summed E-state index contributed by atoms with van der Waals surface area (Å²) in [5.41, 5.74) is 0.212. The molecule has 7 nitrogen and oxygen atoms in total. The maximum absolute atomic E-state index is 11.6. The molecule has 0 bridgehead atoms. The summed E-state index contributed by atoms with van der Waals surface area (Å²) >= 11 is 5.57. The van der Waals surface area contributed by atoms with Crippen LogP contribution in [-0.4, -0.2) is 32.6 Å². The van der Waals surface area contributed by atoms with Crippen LogP contribution in [0.3, 0.4) is 0 Å². The van der Waals surface area contributed by atoms with E-state index < -0.39 is 0 Å². The zero-order valence-corrected chi connectivity index (χ0v) is 10.3. The monoisotopic (exact) mass is 267 g/mol. The van der Waals surface area contributed by atoms with E-state index in [0.29, 0.717) is 24.7 Å². The van der Waals surface area contributed by atoms with Crippen LogP contribution in [0.1, 0.15) is 22.2 Å². The average molecular weight is 268 g/mol. The highest BCUT2D eigenvalue weighted by atomic mass is 35.5. The van der Waals surface area contributed by atoms with Gasteiger partial charge in [-0.15, -0.1) is 0 Å². The third kappa shape index (κ3) is 3.24. The van der Waals surface area contributed by atoms with Crippen molar-refractivity contribution in [2.75, 3.05) is 6.54 Å². The summed E-state index contributed by atoms with van der Waals surface area (Å²) in [6, 6.07) is 0. The van der Waals surface area contributed by atoms with E-state index in [4.69, 9.17) is 16.1 Å². The highest BCUT2D eigenvalue weighted by Gasteiger charge is 2.08. The molecule has 0 unspecified atom stereocenters. The maximum atomic E-state index is 11.6. The zero-order chi connectivity index (χ0) is 13.0. The second-order valence-corrected chi connectivity index (χ2v) is 3.85. The third-order valence-electron chi connectivity index (χ3n) is 2.06. The van der Waals surface area contributed by atoms with Gasteiger partial charge < -0.3 is 9.84 Å². The first-order valence-corrected chi connectivity index (χ1v) is 5.58. The van der Waals surface area contributed by atoms with Gasteiger partial charge in [0.15, 0.2) is 5.82 Å². The van der Waals surface area contributed by atoms with E-state index in [1.165, 1.54) is 12.4 Å². The Labute approximate surface area is 108 Å². The topological polar surface area (TPSA) is 93.8 Å². The number of carbonyl (C=O) groups is 1. The molecule has 2 heterocycles. The smallest absolute Gasteiger partial charge is 0.271 e. The molecule has 2 aromatic rings. The van der Waals surface area contributed by atoms with E-state index in [1.807, 2.05) is 0 Å². The third-order valence-corrected chi connectivity index (χ3v) is 2.25. The SMILES string of the molecule is Cc1nc(CCNC(=O)c2cnc(Cl)cn2)no1. The summed E-state index contributed by atoms with van der Waals surface area (Å²) in [7, 11) is 0. The van der Waals surface area contributed by atoms with E-state index in [1.54, 1.807) is 6.92 Å². The summed E-state index contributed by atoms with van der Waals surface area (Å²) in [6.07, 6.45) is 3.12. The van der Waals surface area contributed by atoms with Gasteiger partial charge >= 0.3 is 0 Å². The van der Waals surface area contributed by atoms with Crippen molar-refractivity contribution < 1.29 is 9.32 Å². The van der Waals surface area contributed by atoms with Crippen molar-refractivity contribution in [3.8, 4) is 0 Å². The number of aromatic nitrogens is 4. The second kappa shape index (κ2) is 5.54. The van der Waals surface area contributed by atoms with Crippen LogP contribution in [0.5, 0.6) is 0 Å². The lowest BCUT2D eigenvalue weighted by molar-refractivity contribution is 0.0948. The van der Waals surface area contributed by atoms with E-state index in [9.17, 15) is 4.79 Å². The van der Waals surface area contributed by atoms with Crippen molar-refractivity contribution >= 4 is 17.5 Å². The molecule has 0 spiro atoms. The van der Waals surface area contributed by atoms with Gasteiger partial charge in [0, 0.05) is 19.9 Å². The Kier molecular flexibility index (Phi) is 3.83. The van der Waals surface area contributed by atoms with E-state index in [-0.39, 0.29) is 16.8 Å². The van der Waals surface area contributed by atoms with Crippen LogP contribution in [0.2, 0.25) is 5.15 Å². The lowest BCUT2D eigenvalue weighted by Crippen LogP contribution is -2.26. The Morgan fingerprint density at radius 2 is 2.28 bits per heavy atom. The standard InChI is InChI=1S/C10H10ClN5O2/c1-6-15-9(16-18-6)2-3-12-10(17)7-4-14-8(11)5-13-7/h4-5H,2-3H2,1H3,(H,12,17). The van der Waals surface area contributed by atoms with Crippen molar-refractivity contribution in [3.63, 3.8) is 0 Å². The van der Waals surface area contributed by atoms with Gasteiger partial charge in [0.1, 0.15) is 10.8 Å². The second-order valence-electron chi connectivity index (χ2n) is 3.46. The largest absolute Gasteiger partial charge is 0.350 e. The minimum Gasteiger partial charge on any atom is -0.350 e. The van der Waals surface area contributed by atoms with Gasteiger partial charge in [-0.05, 0) is 0 Å². The molecule has 8 heteroatoms. The van der Waals surface area contributed by atoms with Crippen LogP contribution in [0.15, 0.2) is 16.9 Å². The predicted molar refractivity (Wildman–Crippen MR) is 62.1 cm³/mol. The summed E-state index contributed by atoms with van der Waals surface area (Å²) in [5, 5.41) is 6.63. The van der Waals surface area contributed by atoms with Gasteiger partial charge in [-0.3, -0.25) is 4.79 Å². The molecule has 2 rings (SSSR count). The summed E-state index contributed by atoms with van der Waals surface area (Å²) in [4.78, 5) is 23.3. The van der Waals surface area contributed by atoms with Crippen molar-refractivity contribution in [2.24, 2.45) is 0 Å². The Morgan fingerprint density at radius 3 is 2.89 bits per heavy atom. The first-order chi connectivity index (χ1) is 8.65. The van der Waals surface area contributed by atoms with Crippen molar-refractivity contribution in [1.82, 2.24) is 25.4 Å². The minimum absolute atomic E-state index is 0.212. The molecular formula is C10H10ClN5O2. The van der Waals surface area contributed by atoms with Crippen molar-refractivity contribution in [1.29, 1.82) is 0 Å². The van der Waals surface area contributed by atoms with E-state index in [0.717, 1.165) is 0 Å². The Morgan fingerprint density at radius 1 is 1.44 bits per heavy atom. The number of aryl methyl sites for hydroxylation is 1. The number of amides is 1. The van der Waals surface area contributed by atoms with Gasteiger partial charge in [-0.2, -0.15) is 4.98 Å². The molecule has 0 saturated carbocycles. The van der Waals surface area contributed by atoms with Gasteiger partial charge in [0.05, 0.1) is 12.4 Å². The van der Waals surface area contributed by atoms with Gasteiger partial charge in [-0.25, -0.2) is 9.97 Å². The molecule has 0 aliphatic carbocycles. The molecule has 18 heavy (non-hydrogen) atoms. The minimum atomic E-state index is -0.320. The summed E-state index contributed by atoms with van der Waals surface area (Å²) in [6.45, 7) is 2.10. The number of halogens is 1. The average Bonchev–Trinajstić information content (AvgIpc) is 2.76.